The summed E-state index contributed by atoms with van der Waals surface area (Å²) < 4.78 is 0. The second kappa shape index (κ2) is 7.44. The molecule has 0 aliphatic heterocycles. The minimum atomic E-state index is 0.415. The van der Waals surface area contributed by atoms with E-state index in [0.29, 0.717) is 11.9 Å². The van der Waals surface area contributed by atoms with Gasteiger partial charge in [-0.05, 0) is 60.0 Å². The molecule has 1 aliphatic carbocycles. The highest BCUT2D eigenvalue weighted by molar-refractivity contribution is 7.12. The molecule has 0 bridgehead atoms. The van der Waals surface area contributed by atoms with Gasteiger partial charge in [0.05, 0.1) is 10.6 Å². The second-order valence-electron chi connectivity index (χ2n) is 6.82. The molecular weight excluding hydrogens is 338 g/mol. The van der Waals surface area contributed by atoms with E-state index in [0.717, 1.165) is 30.0 Å². The average Bonchev–Trinajstić information content (AvgIpc) is 3.30. The Morgan fingerprint density at radius 3 is 2.92 bits per heavy atom. The van der Waals surface area contributed by atoms with Crippen molar-refractivity contribution in [2.45, 2.75) is 32.4 Å². The second-order valence-corrected chi connectivity index (χ2v) is 7.77. The van der Waals surface area contributed by atoms with Crippen LogP contribution in [0, 0.1) is 6.92 Å². The third-order valence-corrected chi connectivity index (χ3v) is 5.75. The summed E-state index contributed by atoms with van der Waals surface area (Å²) in [5.74, 6) is 0.590. The summed E-state index contributed by atoms with van der Waals surface area (Å²) in [6, 6.07) is 19.6. The van der Waals surface area contributed by atoms with Crippen molar-refractivity contribution in [2.24, 2.45) is 10.7 Å². The van der Waals surface area contributed by atoms with E-state index >= 15 is 0 Å². The highest BCUT2D eigenvalue weighted by atomic mass is 32.1. The molecule has 4 heteroatoms. The van der Waals surface area contributed by atoms with Crippen molar-refractivity contribution in [3.63, 3.8) is 0 Å². The van der Waals surface area contributed by atoms with Gasteiger partial charge in [-0.15, -0.1) is 11.3 Å². The predicted octanol–water partition coefficient (Wildman–Crippen LogP) is 4.87. The third kappa shape index (κ3) is 3.71. The predicted molar refractivity (Wildman–Crippen MR) is 110 cm³/mol. The molecule has 0 spiro atoms. The lowest BCUT2D eigenvalue weighted by Crippen LogP contribution is -2.18. The number of hydrogen-bond acceptors (Lipinski definition) is 3. The number of thiophene rings is 1. The van der Waals surface area contributed by atoms with Gasteiger partial charge >= 0.3 is 0 Å². The Morgan fingerprint density at radius 1 is 1.19 bits per heavy atom. The summed E-state index contributed by atoms with van der Waals surface area (Å²) >= 11 is 1.62. The monoisotopic (exact) mass is 361 g/mol. The molecule has 4 rings (SSSR count). The fraction of sp³-hybridized carbons (Fsp3) is 0.227. The largest absolute Gasteiger partial charge is 0.383 e. The first-order chi connectivity index (χ1) is 12.7. The first-order valence-corrected chi connectivity index (χ1v) is 9.87. The van der Waals surface area contributed by atoms with Gasteiger partial charge in [0.2, 0.25) is 0 Å². The number of aliphatic imine (C=N–C) groups is 1. The smallest absolute Gasteiger partial charge is 0.141 e. The van der Waals surface area contributed by atoms with Crippen LogP contribution in [0.15, 0.2) is 65.0 Å². The fourth-order valence-corrected chi connectivity index (χ4v) is 4.19. The zero-order valence-corrected chi connectivity index (χ0v) is 15.7. The summed E-state index contributed by atoms with van der Waals surface area (Å²) in [4.78, 5) is 5.61. The normalized spacial score (nSPS) is 16.7. The molecule has 3 N–H and O–H groups in total. The minimum absolute atomic E-state index is 0.415. The molecular formula is C22H23N3S. The quantitative estimate of drug-likeness (QED) is 0.503. The summed E-state index contributed by atoms with van der Waals surface area (Å²) in [6.07, 6.45) is 2.22. The number of benzene rings is 2. The van der Waals surface area contributed by atoms with Crippen LogP contribution in [0.3, 0.4) is 0 Å². The van der Waals surface area contributed by atoms with Crippen LogP contribution in [0.25, 0.3) is 0 Å². The fourth-order valence-electron chi connectivity index (χ4n) is 3.57. The standard InChI is InChI=1S/C22H23N3S/c1-15-4-2-5-16(12-15)14-24-20-10-7-17-13-18(8-9-19(17)20)25-22(23)21-6-3-11-26-21/h2-6,8-9,11-13,20,24H,7,10,14H2,1H3,(H2,23,25). The Balaban J connectivity index is 1.47. The molecule has 1 aromatic heterocycles. The van der Waals surface area contributed by atoms with Crippen molar-refractivity contribution < 1.29 is 0 Å². The van der Waals surface area contributed by atoms with Gasteiger partial charge in [-0.2, -0.15) is 0 Å². The number of hydrogen-bond donors (Lipinski definition) is 2. The molecule has 0 radical (unpaired) electrons. The van der Waals surface area contributed by atoms with Crippen molar-refractivity contribution >= 4 is 22.9 Å². The van der Waals surface area contributed by atoms with E-state index in [1.165, 1.54) is 22.3 Å². The van der Waals surface area contributed by atoms with Gasteiger partial charge in [0.25, 0.3) is 0 Å². The maximum atomic E-state index is 6.12. The molecule has 3 nitrogen and oxygen atoms in total. The van der Waals surface area contributed by atoms with Crippen LogP contribution in [0.2, 0.25) is 0 Å². The number of amidine groups is 1. The number of rotatable bonds is 5. The summed E-state index contributed by atoms with van der Waals surface area (Å²) in [7, 11) is 0. The van der Waals surface area contributed by atoms with Crippen LogP contribution in [0.4, 0.5) is 5.69 Å². The number of nitrogens with two attached hydrogens (primary N) is 1. The van der Waals surface area contributed by atoms with E-state index in [-0.39, 0.29) is 0 Å². The van der Waals surface area contributed by atoms with Crippen molar-refractivity contribution in [1.29, 1.82) is 0 Å². The molecule has 0 amide bonds. The number of nitrogens with one attached hydrogen (secondary N) is 1. The Bertz CT molecular complexity index is 928. The first-order valence-electron chi connectivity index (χ1n) is 8.99. The SMILES string of the molecule is Cc1cccc(CNC2CCc3cc(N=C(N)c4cccs4)ccc32)c1. The minimum Gasteiger partial charge on any atom is -0.383 e. The molecule has 0 saturated heterocycles. The Labute approximate surface area is 158 Å². The zero-order chi connectivity index (χ0) is 17.9. The molecule has 3 aromatic rings. The van der Waals surface area contributed by atoms with E-state index in [1.807, 2.05) is 17.5 Å². The number of aryl methyl sites for hydroxylation is 2. The number of fused-ring (bicyclic) bond motifs is 1. The Morgan fingerprint density at radius 2 is 2.12 bits per heavy atom. The molecule has 0 saturated carbocycles. The van der Waals surface area contributed by atoms with Gasteiger partial charge in [-0.3, -0.25) is 0 Å². The Hall–Kier alpha value is -2.43. The van der Waals surface area contributed by atoms with Crippen molar-refractivity contribution in [3.05, 3.63) is 87.1 Å². The molecule has 132 valence electrons. The van der Waals surface area contributed by atoms with Crippen LogP contribution in [-0.4, -0.2) is 5.84 Å². The van der Waals surface area contributed by atoms with Gasteiger partial charge in [0, 0.05) is 12.6 Å². The summed E-state index contributed by atoms with van der Waals surface area (Å²) in [6.45, 7) is 3.04. The summed E-state index contributed by atoms with van der Waals surface area (Å²) in [5.41, 5.74) is 12.5. The molecule has 2 aromatic carbocycles. The van der Waals surface area contributed by atoms with Crippen LogP contribution < -0.4 is 11.1 Å². The Kier molecular flexibility index (Phi) is 4.87. The molecule has 1 aliphatic rings. The first kappa shape index (κ1) is 17.0. The highest BCUT2D eigenvalue weighted by Crippen LogP contribution is 2.34. The molecule has 1 atom stereocenters. The van der Waals surface area contributed by atoms with Crippen LogP contribution in [0.5, 0.6) is 0 Å². The molecule has 1 unspecified atom stereocenters. The zero-order valence-electron chi connectivity index (χ0n) is 14.9. The van der Waals surface area contributed by atoms with Crippen LogP contribution >= 0.6 is 11.3 Å². The number of nitrogens with zero attached hydrogens (tertiary/aromatic N) is 1. The lowest BCUT2D eigenvalue weighted by Gasteiger charge is -2.14. The van der Waals surface area contributed by atoms with Gasteiger partial charge in [0.15, 0.2) is 0 Å². The highest BCUT2D eigenvalue weighted by Gasteiger charge is 2.22. The lowest BCUT2D eigenvalue weighted by atomic mass is 10.1. The maximum Gasteiger partial charge on any atom is 0.141 e. The van der Waals surface area contributed by atoms with Gasteiger partial charge in [-0.25, -0.2) is 4.99 Å². The van der Waals surface area contributed by atoms with E-state index in [2.05, 4.69) is 59.7 Å². The van der Waals surface area contributed by atoms with Crippen molar-refractivity contribution in [3.8, 4) is 0 Å². The summed E-state index contributed by atoms with van der Waals surface area (Å²) in [5, 5.41) is 5.72. The van der Waals surface area contributed by atoms with Crippen LogP contribution in [0.1, 0.15) is 39.6 Å². The lowest BCUT2D eigenvalue weighted by molar-refractivity contribution is 0.530. The average molecular weight is 362 g/mol. The maximum absolute atomic E-state index is 6.12. The van der Waals surface area contributed by atoms with E-state index in [4.69, 9.17) is 5.73 Å². The molecule has 26 heavy (non-hydrogen) atoms. The van der Waals surface area contributed by atoms with Crippen molar-refractivity contribution in [1.82, 2.24) is 5.32 Å². The van der Waals surface area contributed by atoms with E-state index in [1.54, 1.807) is 11.3 Å². The third-order valence-electron chi connectivity index (χ3n) is 4.86. The molecule has 0 fully saturated rings. The molecule has 1 heterocycles. The van der Waals surface area contributed by atoms with Gasteiger partial charge in [-0.1, -0.05) is 42.0 Å². The van der Waals surface area contributed by atoms with E-state index in [9.17, 15) is 0 Å². The van der Waals surface area contributed by atoms with Crippen molar-refractivity contribution in [2.75, 3.05) is 0 Å². The van der Waals surface area contributed by atoms with Gasteiger partial charge < -0.3 is 11.1 Å². The van der Waals surface area contributed by atoms with E-state index < -0.39 is 0 Å². The van der Waals surface area contributed by atoms with Crippen LogP contribution in [-0.2, 0) is 13.0 Å². The topological polar surface area (TPSA) is 50.4 Å². The van der Waals surface area contributed by atoms with Gasteiger partial charge in [0.1, 0.15) is 5.84 Å².